The second kappa shape index (κ2) is 14.1. The van der Waals surface area contributed by atoms with Gasteiger partial charge in [-0.05, 0) is 56.4 Å². The Hall–Kier alpha value is -2.67. The van der Waals surface area contributed by atoms with E-state index in [0.29, 0.717) is 28.5 Å². The summed E-state index contributed by atoms with van der Waals surface area (Å²) in [7, 11) is 3.24. The Kier molecular flexibility index (Phi) is 10.6. The molecule has 0 bridgehead atoms. The number of amides is 2. The number of carbonyl (C=O) groups is 3. The molecule has 0 unspecified atom stereocenters. The second-order valence-electron chi connectivity index (χ2n) is 8.90. The summed E-state index contributed by atoms with van der Waals surface area (Å²) in [4.78, 5) is 44.3. The van der Waals surface area contributed by atoms with Crippen molar-refractivity contribution in [3.63, 3.8) is 0 Å². The minimum Gasteiger partial charge on any atom is -0.497 e. The van der Waals surface area contributed by atoms with E-state index in [2.05, 4.69) is 10.3 Å². The van der Waals surface area contributed by atoms with Gasteiger partial charge in [0.25, 0.3) is 5.91 Å². The molecule has 2 heterocycles. The summed E-state index contributed by atoms with van der Waals surface area (Å²) in [6.07, 6.45) is 4.94. The molecular formula is C27H33N3O6S3. The van der Waals surface area contributed by atoms with Gasteiger partial charge in [0.05, 0.1) is 47.6 Å². The molecule has 9 nitrogen and oxygen atoms in total. The lowest BCUT2D eigenvalue weighted by Gasteiger charge is -2.08. The number of methoxy groups -OCH3 is 2. The van der Waals surface area contributed by atoms with E-state index < -0.39 is 5.97 Å². The summed E-state index contributed by atoms with van der Waals surface area (Å²) in [5, 5.41) is 3.44. The van der Waals surface area contributed by atoms with Crippen LogP contribution in [0.2, 0.25) is 0 Å². The molecule has 210 valence electrons. The molecule has 0 atom stereocenters. The summed E-state index contributed by atoms with van der Waals surface area (Å²) < 4.78 is 18.8. The fourth-order valence-electron chi connectivity index (χ4n) is 4.45. The first-order chi connectivity index (χ1) is 18.9. The van der Waals surface area contributed by atoms with E-state index in [4.69, 9.17) is 14.2 Å². The highest BCUT2D eigenvalue weighted by molar-refractivity contribution is 8.00. The Morgan fingerprint density at radius 1 is 1.10 bits per heavy atom. The number of thioether (sulfide) groups is 1. The highest BCUT2D eigenvalue weighted by atomic mass is 32.2. The van der Waals surface area contributed by atoms with E-state index in [1.54, 1.807) is 21.1 Å². The maximum atomic E-state index is 12.8. The normalized spacial score (nSPS) is 13.7. The van der Waals surface area contributed by atoms with Crippen LogP contribution in [0.1, 0.15) is 47.0 Å². The van der Waals surface area contributed by atoms with Crippen molar-refractivity contribution >= 4 is 67.4 Å². The number of anilines is 1. The number of benzene rings is 1. The number of thiazole rings is 1. The number of nitrogens with zero attached hydrogens (tertiary/aromatic N) is 2. The van der Waals surface area contributed by atoms with Gasteiger partial charge in [-0.3, -0.25) is 9.59 Å². The number of aromatic nitrogens is 1. The predicted molar refractivity (Wildman–Crippen MR) is 156 cm³/mol. The Morgan fingerprint density at radius 2 is 1.92 bits per heavy atom. The van der Waals surface area contributed by atoms with Gasteiger partial charge in [0.2, 0.25) is 5.91 Å². The van der Waals surface area contributed by atoms with Crippen molar-refractivity contribution in [3.8, 4) is 5.75 Å². The highest BCUT2D eigenvalue weighted by Gasteiger charge is 2.26. The number of ether oxygens (including phenoxy) is 3. The van der Waals surface area contributed by atoms with Crippen molar-refractivity contribution < 1.29 is 28.6 Å². The Morgan fingerprint density at radius 3 is 2.69 bits per heavy atom. The van der Waals surface area contributed by atoms with E-state index in [1.165, 1.54) is 34.4 Å². The Balaban J connectivity index is 1.42. The third kappa shape index (κ3) is 7.30. The van der Waals surface area contributed by atoms with Gasteiger partial charge in [0.1, 0.15) is 10.8 Å². The molecule has 4 rings (SSSR count). The van der Waals surface area contributed by atoms with Crippen LogP contribution in [0, 0.1) is 0 Å². The molecular weight excluding hydrogens is 559 g/mol. The third-order valence-corrected chi connectivity index (χ3v) is 9.41. The van der Waals surface area contributed by atoms with Crippen LogP contribution in [-0.2, 0) is 38.4 Å². The molecule has 0 spiro atoms. The Bertz CT molecular complexity index is 1410. The zero-order valence-corrected chi connectivity index (χ0v) is 24.8. The Labute approximate surface area is 239 Å². The van der Waals surface area contributed by atoms with Gasteiger partial charge >= 0.3 is 5.97 Å². The van der Waals surface area contributed by atoms with Crippen molar-refractivity contribution in [1.29, 1.82) is 0 Å². The van der Waals surface area contributed by atoms with Crippen molar-refractivity contribution in [2.75, 3.05) is 44.3 Å². The number of hydrogen-bond acceptors (Lipinski definition) is 9. The first-order valence-electron chi connectivity index (χ1n) is 12.9. The molecule has 0 aliphatic heterocycles. The molecule has 0 saturated heterocycles. The molecule has 0 fully saturated rings. The van der Waals surface area contributed by atoms with E-state index in [9.17, 15) is 14.4 Å². The fraction of sp³-hybridized carbons (Fsp3) is 0.481. The molecule has 1 aromatic carbocycles. The second-order valence-corrected chi connectivity index (χ2v) is 12.0. The number of thiophene rings is 1. The zero-order chi connectivity index (χ0) is 27.8. The number of fused-ring (bicyclic) bond motifs is 2. The molecule has 1 aliphatic carbocycles. The standard InChI is InChI=1S/C27H33N3O6S3/c1-4-36-26(33)24-18-8-6-5-7-9-20(18)38-25(24)28-22(31)15-37-16-23(32)29-27-30(12-13-34-2)19-11-10-17(35-3)14-21(19)39-27/h10-11,14H,4-9,12-13,15-16H2,1-3H3,(H,28,31). The van der Waals surface area contributed by atoms with Crippen LogP contribution in [0.3, 0.4) is 0 Å². The monoisotopic (exact) mass is 591 g/mol. The van der Waals surface area contributed by atoms with E-state index in [1.807, 2.05) is 22.8 Å². The van der Waals surface area contributed by atoms with Crippen LogP contribution in [0.25, 0.3) is 10.2 Å². The highest BCUT2D eigenvalue weighted by Crippen LogP contribution is 2.38. The average molecular weight is 592 g/mol. The fourth-order valence-corrected chi connectivity index (χ4v) is 7.44. The summed E-state index contributed by atoms with van der Waals surface area (Å²) in [5.41, 5.74) is 2.45. The smallest absolute Gasteiger partial charge is 0.341 e. The van der Waals surface area contributed by atoms with Crippen molar-refractivity contribution in [3.05, 3.63) is 39.0 Å². The molecule has 12 heteroatoms. The van der Waals surface area contributed by atoms with Crippen molar-refractivity contribution in [2.24, 2.45) is 4.99 Å². The van der Waals surface area contributed by atoms with Crippen molar-refractivity contribution in [2.45, 2.75) is 45.6 Å². The van der Waals surface area contributed by atoms with Crippen LogP contribution in [0.5, 0.6) is 5.75 Å². The van der Waals surface area contributed by atoms with Crippen LogP contribution >= 0.6 is 34.4 Å². The minimum atomic E-state index is -0.392. The van der Waals surface area contributed by atoms with Crippen LogP contribution in [0.15, 0.2) is 23.2 Å². The third-order valence-electron chi connectivity index (χ3n) is 6.24. The van der Waals surface area contributed by atoms with Gasteiger partial charge in [0.15, 0.2) is 4.80 Å². The first-order valence-corrected chi connectivity index (χ1v) is 15.7. The SMILES string of the molecule is CCOC(=O)c1c(NC(=O)CSCC(=O)N=c2sc3cc(OC)ccc3n2CCOC)sc2c1CCCCC2. The molecule has 0 radical (unpaired) electrons. The molecule has 0 saturated carbocycles. The van der Waals surface area contributed by atoms with Crippen LogP contribution in [0.4, 0.5) is 5.00 Å². The maximum absolute atomic E-state index is 12.8. The molecule has 2 aromatic heterocycles. The van der Waals surface area contributed by atoms with Gasteiger partial charge < -0.3 is 24.1 Å². The molecule has 2 amide bonds. The first kappa shape index (κ1) is 29.3. The van der Waals surface area contributed by atoms with Crippen LogP contribution in [-0.4, -0.2) is 61.3 Å². The van der Waals surface area contributed by atoms with Gasteiger partial charge in [-0.25, -0.2) is 4.79 Å². The number of esters is 1. The largest absolute Gasteiger partial charge is 0.497 e. The maximum Gasteiger partial charge on any atom is 0.341 e. The molecule has 39 heavy (non-hydrogen) atoms. The lowest BCUT2D eigenvalue weighted by atomic mass is 10.1. The number of hydrogen-bond donors (Lipinski definition) is 1. The number of carbonyl (C=O) groups excluding carboxylic acids is 3. The number of nitrogens with one attached hydrogen (secondary N) is 1. The van der Waals surface area contributed by atoms with Crippen LogP contribution < -0.4 is 14.9 Å². The van der Waals surface area contributed by atoms with Gasteiger partial charge in [-0.15, -0.1) is 23.1 Å². The lowest BCUT2D eigenvalue weighted by molar-refractivity contribution is -0.115. The minimum absolute atomic E-state index is 0.0565. The molecule has 3 aromatic rings. The van der Waals surface area contributed by atoms with Gasteiger partial charge in [-0.1, -0.05) is 17.8 Å². The average Bonchev–Trinajstić information content (AvgIpc) is 3.33. The summed E-state index contributed by atoms with van der Waals surface area (Å²) in [6, 6.07) is 5.73. The number of aryl methyl sites for hydroxylation is 1. The van der Waals surface area contributed by atoms with E-state index >= 15 is 0 Å². The summed E-state index contributed by atoms with van der Waals surface area (Å²) in [6.45, 7) is 3.08. The predicted octanol–water partition coefficient (Wildman–Crippen LogP) is 4.66. The zero-order valence-electron chi connectivity index (χ0n) is 22.4. The summed E-state index contributed by atoms with van der Waals surface area (Å²) >= 11 is 4.06. The van der Waals surface area contributed by atoms with E-state index in [-0.39, 0.29) is 29.9 Å². The lowest BCUT2D eigenvalue weighted by Crippen LogP contribution is -2.20. The van der Waals surface area contributed by atoms with E-state index in [0.717, 1.165) is 58.5 Å². The topological polar surface area (TPSA) is 108 Å². The quantitative estimate of drug-likeness (QED) is 0.255. The van der Waals surface area contributed by atoms with Gasteiger partial charge in [0, 0.05) is 18.5 Å². The summed E-state index contributed by atoms with van der Waals surface area (Å²) in [5.74, 6) is -0.126. The number of rotatable bonds is 11. The molecule has 1 aliphatic rings. The van der Waals surface area contributed by atoms with Gasteiger partial charge in [-0.2, -0.15) is 4.99 Å². The molecule has 1 N–H and O–H groups in total. The van der Waals surface area contributed by atoms with Crippen molar-refractivity contribution in [1.82, 2.24) is 4.57 Å².